The monoisotopic (exact) mass is 507 g/mol. The number of amides is 1. The summed E-state index contributed by atoms with van der Waals surface area (Å²) < 4.78 is 27.6. The lowest BCUT2D eigenvalue weighted by molar-refractivity contribution is -0.125. The second-order valence-corrected chi connectivity index (χ2v) is 10.5. The fourth-order valence-corrected chi connectivity index (χ4v) is 5.86. The van der Waals surface area contributed by atoms with E-state index in [2.05, 4.69) is 38.4 Å². The third-order valence-electron chi connectivity index (χ3n) is 7.82. The number of anilines is 1. The number of aryl methyl sites for hydroxylation is 1. The van der Waals surface area contributed by atoms with Gasteiger partial charge in [0.05, 0.1) is 17.6 Å². The molecule has 0 bridgehead atoms. The Bertz CT molecular complexity index is 1290. The molecule has 1 amide bonds. The van der Waals surface area contributed by atoms with Gasteiger partial charge in [-0.25, -0.2) is 4.39 Å². The molecule has 2 atom stereocenters. The minimum atomic E-state index is -0.407. The van der Waals surface area contributed by atoms with Gasteiger partial charge in [0, 0.05) is 43.8 Å². The highest BCUT2D eigenvalue weighted by atomic mass is 19.1. The van der Waals surface area contributed by atoms with Crippen molar-refractivity contribution in [2.45, 2.75) is 31.7 Å². The molecule has 1 aromatic heterocycles. The van der Waals surface area contributed by atoms with Gasteiger partial charge in [-0.15, -0.1) is 0 Å². The molecule has 1 unspecified atom stereocenters. The normalized spacial score (nSPS) is 20.5. The molecule has 4 heterocycles. The van der Waals surface area contributed by atoms with E-state index in [9.17, 15) is 9.18 Å². The van der Waals surface area contributed by atoms with Crippen LogP contribution in [-0.2, 0) is 18.3 Å². The lowest BCUT2D eigenvalue weighted by Crippen LogP contribution is -2.47. The number of benzene rings is 2. The van der Waals surface area contributed by atoms with Gasteiger partial charge in [0.15, 0.2) is 17.3 Å². The predicted molar refractivity (Wildman–Crippen MR) is 140 cm³/mol. The SMILES string of the molecule is Cn1ncc2ccc(N3CC[C@@H](C(=O)NC(Cc4cc(F)c5c(c4)OCCO5)CN4CCCC4)C3)cc21. The van der Waals surface area contributed by atoms with Gasteiger partial charge in [0.25, 0.3) is 0 Å². The first-order valence-corrected chi connectivity index (χ1v) is 13.3. The molecule has 3 aliphatic rings. The number of nitrogens with zero attached hydrogens (tertiary/aromatic N) is 4. The van der Waals surface area contributed by atoms with Crippen molar-refractivity contribution < 1.29 is 18.7 Å². The molecule has 3 aromatic rings. The zero-order valence-electron chi connectivity index (χ0n) is 21.3. The number of fused-ring (bicyclic) bond motifs is 2. The summed E-state index contributed by atoms with van der Waals surface area (Å²) in [5, 5.41) is 8.77. The van der Waals surface area contributed by atoms with Gasteiger partial charge in [0.2, 0.25) is 5.91 Å². The summed E-state index contributed by atoms with van der Waals surface area (Å²) in [4.78, 5) is 18.1. The van der Waals surface area contributed by atoms with E-state index in [-0.39, 0.29) is 23.6 Å². The molecule has 0 radical (unpaired) electrons. The van der Waals surface area contributed by atoms with Gasteiger partial charge in [-0.1, -0.05) is 0 Å². The molecule has 8 nitrogen and oxygen atoms in total. The van der Waals surface area contributed by atoms with E-state index >= 15 is 0 Å². The predicted octanol–water partition coefficient (Wildman–Crippen LogP) is 3.13. The number of likely N-dealkylation sites (tertiary alicyclic amines) is 1. The third-order valence-corrected chi connectivity index (χ3v) is 7.82. The van der Waals surface area contributed by atoms with E-state index < -0.39 is 5.82 Å². The van der Waals surface area contributed by atoms with E-state index in [1.54, 1.807) is 0 Å². The molecule has 37 heavy (non-hydrogen) atoms. The van der Waals surface area contributed by atoms with E-state index in [4.69, 9.17) is 9.47 Å². The molecule has 0 spiro atoms. The van der Waals surface area contributed by atoms with Crippen molar-refractivity contribution in [1.29, 1.82) is 0 Å². The minimum absolute atomic E-state index is 0.0753. The number of aromatic nitrogens is 2. The summed E-state index contributed by atoms with van der Waals surface area (Å²) >= 11 is 0. The molecule has 6 rings (SSSR count). The Morgan fingerprint density at radius 2 is 2.00 bits per heavy atom. The number of carbonyl (C=O) groups is 1. The van der Waals surface area contributed by atoms with Crippen molar-refractivity contribution in [2.75, 3.05) is 50.8 Å². The maximum Gasteiger partial charge on any atom is 0.225 e. The Morgan fingerprint density at radius 3 is 2.86 bits per heavy atom. The summed E-state index contributed by atoms with van der Waals surface area (Å²) in [6.07, 6.45) is 5.58. The molecule has 2 aromatic carbocycles. The largest absolute Gasteiger partial charge is 0.486 e. The second kappa shape index (κ2) is 10.2. The lowest BCUT2D eigenvalue weighted by Gasteiger charge is -2.27. The Balaban J connectivity index is 1.14. The van der Waals surface area contributed by atoms with Gasteiger partial charge in [-0.2, -0.15) is 5.10 Å². The highest BCUT2D eigenvalue weighted by Gasteiger charge is 2.31. The molecule has 9 heteroatoms. The van der Waals surface area contributed by atoms with Crippen LogP contribution in [0.15, 0.2) is 36.5 Å². The summed E-state index contributed by atoms with van der Waals surface area (Å²) in [7, 11) is 1.94. The summed E-state index contributed by atoms with van der Waals surface area (Å²) in [5.41, 5.74) is 3.01. The first-order chi connectivity index (χ1) is 18.0. The van der Waals surface area contributed by atoms with Crippen LogP contribution in [0.4, 0.5) is 10.1 Å². The van der Waals surface area contributed by atoms with Crippen LogP contribution in [0.1, 0.15) is 24.8 Å². The Labute approximate surface area is 216 Å². The highest BCUT2D eigenvalue weighted by molar-refractivity contribution is 5.84. The van der Waals surface area contributed by atoms with Crippen LogP contribution < -0.4 is 19.7 Å². The van der Waals surface area contributed by atoms with Crippen LogP contribution >= 0.6 is 0 Å². The summed E-state index contributed by atoms with van der Waals surface area (Å²) in [6, 6.07) is 9.61. The second-order valence-electron chi connectivity index (χ2n) is 10.5. The smallest absolute Gasteiger partial charge is 0.225 e. The van der Waals surface area contributed by atoms with Crippen LogP contribution in [0.2, 0.25) is 0 Å². The topological polar surface area (TPSA) is 71.9 Å². The van der Waals surface area contributed by atoms with Crippen LogP contribution in [-0.4, -0.2) is 72.6 Å². The van der Waals surface area contributed by atoms with Crippen LogP contribution in [0, 0.1) is 11.7 Å². The molecular weight excluding hydrogens is 473 g/mol. The molecule has 3 aliphatic heterocycles. The molecule has 0 aliphatic carbocycles. The number of hydrogen-bond acceptors (Lipinski definition) is 6. The first-order valence-electron chi connectivity index (χ1n) is 13.3. The van der Waals surface area contributed by atoms with Crippen molar-refractivity contribution in [3.63, 3.8) is 0 Å². The maximum absolute atomic E-state index is 14.7. The van der Waals surface area contributed by atoms with Crippen molar-refractivity contribution >= 4 is 22.5 Å². The summed E-state index contributed by atoms with van der Waals surface area (Å²) in [6.45, 7) is 5.12. The molecular formula is C28H34FN5O3. The van der Waals surface area contributed by atoms with Crippen LogP contribution in [0.3, 0.4) is 0 Å². The molecule has 0 saturated carbocycles. The van der Waals surface area contributed by atoms with Gasteiger partial charge in [0.1, 0.15) is 13.2 Å². The van der Waals surface area contributed by atoms with Crippen molar-refractivity contribution in [2.24, 2.45) is 13.0 Å². The van der Waals surface area contributed by atoms with Gasteiger partial charge in [-0.05, 0) is 74.7 Å². The maximum atomic E-state index is 14.7. The van der Waals surface area contributed by atoms with E-state index in [0.29, 0.717) is 31.9 Å². The van der Waals surface area contributed by atoms with E-state index in [1.807, 2.05) is 24.0 Å². The quantitative estimate of drug-likeness (QED) is 0.530. The Kier molecular flexibility index (Phi) is 6.63. The van der Waals surface area contributed by atoms with Gasteiger partial charge < -0.3 is 24.6 Å². The van der Waals surface area contributed by atoms with Crippen LogP contribution in [0.5, 0.6) is 11.5 Å². The standard InChI is InChI=1S/C28H34FN5O3/c1-32-25-15-23(5-4-20(25)16-30-32)34-9-6-21(17-34)28(35)31-22(18-33-7-2-3-8-33)12-19-13-24(29)27-26(14-19)36-10-11-37-27/h4-5,13-16,21-22H,2-3,6-12,17-18H2,1H3,(H,31,35)/t21-,22?/m1/s1. The van der Waals surface area contributed by atoms with E-state index in [0.717, 1.165) is 54.8 Å². The number of rotatable bonds is 7. The first kappa shape index (κ1) is 24.0. The van der Waals surface area contributed by atoms with Crippen molar-refractivity contribution in [3.05, 3.63) is 47.9 Å². The zero-order chi connectivity index (χ0) is 25.4. The molecule has 1 N–H and O–H groups in total. The average Bonchev–Trinajstić information content (AvgIpc) is 3.66. The van der Waals surface area contributed by atoms with Crippen molar-refractivity contribution in [3.8, 4) is 11.5 Å². The number of hydrogen-bond donors (Lipinski definition) is 1. The Hall–Kier alpha value is -3.33. The fraction of sp³-hybridized carbons (Fsp3) is 0.500. The summed E-state index contributed by atoms with van der Waals surface area (Å²) in [5.74, 6) is 0.219. The van der Waals surface area contributed by atoms with Crippen molar-refractivity contribution in [1.82, 2.24) is 20.0 Å². The van der Waals surface area contributed by atoms with E-state index in [1.165, 1.54) is 18.9 Å². The molecule has 2 fully saturated rings. The number of halogens is 1. The van der Waals surface area contributed by atoms with Crippen LogP contribution in [0.25, 0.3) is 10.9 Å². The number of nitrogens with one attached hydrogen (secondary N) is 1. The number of carbonyl (C=O) groups excluding carboxylic acids is 1. The van der Waals surface area contributed by atoms with Gasteiger partial charge >= 0.3 is 0 Å². The minimum Gasteiger partial charge on any atom is -0.486 e. The third kappa shape index (κ3) is 5.09. The zero-order valence-corrected chi connectivity index (χ0v) is 21.3. The highest BCUT2D eigenvalue weighted by Crippen LogP contribution is 2.34. The lowest BCUT2D eigenvalue weighted by atomic mass is 10.0. The molecule has 2 saturated heterocycles. The Morgan fingerprint density at radius 1 is 1.16 bits per heavy atom. The van der Waals surface area contributed by atoms with Gasteiger partial charge in [-0.3, -0.25) is 9.48 Å². The molecule has 196 valence electrons. The average molecular weight is 508 g/mol. The fourth-order valence-electron chi connectivity index (χ4n) is 5.86. The number of ether oxygens (including phenoxy) is 2.